The van der Waals surface area contributed by atoms with Crippen LogP contribution in [0.15, 0.2) is 84.0 Å². The number of rotatable bonds is 9. The normalized spacial score (nSPS) is 10.8. The largest absolute Gasteiger partial charge is 0.493 e. The van der Waals surface area contributed by atoms with Crippen LogP contribution in [0, 0.1) is 6.92 Å². The Kier molecular flexibility index (Phi) is 8.90. The van der Waals surface area contributed by atoms with Crippen LogP contribution >= 0.6 is 0 Å². The molecule has 0 atom stereocenters. The number of nitrogens with one attached hydrogen (secondary N) is 2. The Labute approximate surface area is 203 Å². The third-order valence-electron chi connectivity index (χ3n) is 4.70. The Morgan fingerprint density at radius 3 is 2.46 bits per heavy atom. The number of aryl methyl sites for hydroxylation is 1. The molecule has 0 fully saturated rings. The third kappa shape index (κ3) is 7.97. The lowest BCUT2D eigenvalue weighted by atomic mass is 10.1. The average molecular weight is 472 g/mol. The van der Waals surface area contributed by atoms with Crippen molar-refractivity contribution in [2.75, 3.05) is 13.7 Å². The molecule has 0 bridgehead atoms. The molecular formula is C27H25N3O5. The van der Waals surface area contributed by atoms with Crippen LogP contribution in [-0.4, -0.2) is 37.7 Å². The number of nitrogens with zero attached hydrogens (tertiary/aromatic N) is 1. The molecule has 2 amide bonds. The lowest BCUT2D eigenvalue weighted by molar-refractivity contribution is -0.129. The van der Waals surface area contributed by atoms with Crippen molar-refractivity contribution < 1.29 is 23.9 Å². The zero-order chi connectivity index (χ0) is 25.0. The van der Waals surface area contributed by atoms with Gasteiger partial charge in [0, 0.05) is 11.6 Å². The molecule has 3 aromatic carbocycles. The van der Waals surface area contributed by atoms with Gasteiger partial charge in [0.15, 0.2) is 11.5 Å². The second kappa shape index (κ2) is 12.5. The summed E-state index contributed by atoms with van der Waals surface area (Å²) in [6.45, 7) is 1.66. The van der Waals surface area contributed by atoms with Gasteiger partial charge in [-0.3, -0.25) is 9.59 Å². The first-order chi connectivity index (χ1) is 16.9. The van der Waals surface area contributed by atoms with Crippen LogP contribution in [-0.2, 0) is 9.59 Å². The number of ether oxygens (including phenoxy) is 2. The maximum absolute atomic E-state index is 12.1. The van der Waals surface area contributed by atoms with E-state index in [2.05, 4.69) is 15.8 Å². The SMILES string of the molecule is COc1cc(/C=N/NC(=O)CNC(=O)c2cccc(C)c2)ccc1OC(=O)/C=C/c1ccccc1. The molecule has 0 aliphatic rings. The minimum Gasteiger partial charge on any atom is -0.493 e. The van der Waals surface area contributed by atoms with Gasteiger partial charge in [-0.1, -0.05) is 48.0 Å². The number of hydrogen-bond acceptors (Lipinski definition) is 6. The highest BCUT2D eigenvalue weighted by Crippen LogP contribution is 2.27. The van der Waals surface area contributed by atoms with E-state index in [0.29, 0.717) is 16.9 Å². The fourth-order valence-corrected chi connectivity index (χ4v) is 2.99. The number of esters is 1. The van der Waals surface area contributed by atoms with Gasteiger partial charge in [0.25, 0.3) is 11.8 Å². The van der Waals surface area contributed by atoms with Gasteiger partial charge < -0.3 is 14.8 Å². The third-order valence-corrected chi connectivity index (χ3v) is 4.70. The molecule has 0 radical (unpaired) electrons. The molecule has 0 heterocycles. The van der Waals surface area contributed by atoms with Crippen LogP contribution < -0.4 is 20.2 Å². The highest BCUT2D eigenvalue weighted by atomic mass is 16.6. The molecule has 0 aromatic heterocycles. The number of benzene rings is 3. The first-order valence-electron chi connectivity index (χ1n) is 10.7. The van der Waals surface area contributed by atoms with Crippen molar-refractivity contribution >= 4 is 30.1 Å². The number of amides is 2. The van der Waals surface area contributed by atoms with Gasteiger partial charge in [0.2, 0.25) is 0 Å². The Morgan fingerprint density at radius 1 is 0.914 bits per heavy atom. The summed E-state index contributed by atoms with van der Waals surface area (Å²) in [6.07, 6.45) is 4.39. The molecule has 0 aliphatic carbocycles. The highest BCUT2D eigenvalue weighted by Gasteiger charge is 2.10. The van der Waals surface area contributed by atoms with E-state index in [1.54, 1.807) is 42.5 Å². The fourth-order valence-electron chi connectivity index (χ4n) is 2.99. The predicted octanol–water partition coefficient (Wildman–Crippen LogP) is 3.50. The minimum atomic E-state index is -0.548. The predicted molar refractivity (Wildman–Crippen MR) is 133 cm³/mol. The van der Waals surface area contributed by atoms with Crippen LogP contribution in [0.3, 0.4) is 0 Å². The molecule has 0 spiro atoms. The molecule has 0 saturated heterocycles. The van der Waals surface area contributed by atoms with E-state index in [1.165, 1.54) is 19.4 Å². The van der Waals surface area contributed by atoms with Gasteiger partial charge in [-0.05, 0) is 54.5 Å². The van der Waals surface area contributed by atoms with Crippen molar-refractivity contribution in [3.63, 3.8) is 0 Å². The monoisotopic (exact) mass is 471 g/mol. The van der Waals surface area contributed by atoms with Gasteiger partial charge in [-0.15, -0.1) is 0 Å². The minimum absolute atomic E-state index is 0.223. The highest BCUT2D eigenvalue weighted by molar-refractivity contribution is 5.96. The van der Waals surface area contributed by atoms with Crippen molar-refractivity contribution in [1.82, 2.24) is 10.7 Å². The van der Waals surface area contributed by atoms with E-state index in [-0.39, 0.29) is 18.2 Å². The van der Waals surface area contributed by atoms with Crippen LogP contribution in [0.25, 0.3) is 6.08 Å². The molecule has 3 aromatic rings. The van der Waals surface area contributed by atoms with E-state index in [4.69, 9.17) is 9.47 Å². The maximum atomic E-state index is 12.1. The van der Waals surface area contributed by atoms with Crippen LogP contribution in [0.4, 0.5) is 0 Å². The molecule has 178 valence electrons. The molecular weight excluding hydrogens is 446 g/mol. The van der Waals surface area contributed by atoms with Crippen molar-refractivity contribution in [1.29, 1.82) is 0 Å². The molecule has 8 heteroatoms. The van der Waals surface area contributed by atoms with Crippen LogP contribution in [0.1, 0.15) is 27.0 Å². The summed E-state index contributed by atoms with van der Waals surface area (Å²) < 4.78 is 10.6. The van der Waals surface area contributed by atoms with Gasteiger partial charge in [0.05, 0.1) is 19.9 Å². The molecule has 2 N–H and O–H groups in total. The number of hydrazone groups is 1. The molecule has 0 aliphatic heterocycles. The number of carbonyl (C=O) groups is 3. The summed E-state index contributed by atoms with van der Waals surface area (Å²) in [7, 11) is 1.45. The van der Waals surface area contributed by atoms with E-state index < -0.39 is 11.9 Å². The maximum Gasteiger partial charge on any atom is 0.336 e. The van der Waals surface area contributed by atoms with Crippen LogP contribution in [0.2, 0.25) is 0 Å². The van der Waals surface area contributed by atoms with E-state index in [0.717, 1.165) is 11.1 Å². The topological polar surface area (TPSA) is 106 Å². The zero-order valence-corrected chi connectivity index (χ0v) is 19.4. The van der Waals surface area contributed by atoms with Crippen molar-refractivity contribution in [3.8, 4) is 11.5 Å². The number of carbonyl (C=O) groups excluding carboxylic acids is 3. The summed E-state index contributed by atoms with van der Waals surface area (Å²) in [5.74, 6) is -0.803. The lowest BCUT2D eigenvalue weighted by Gasteiger charge is -2.08. The molecule has 3 rings (SSSR count). The van der Waals surface area contributed by atoms with Crippen molar-refractivity contribution in [3.05, 3.63) is 101 Å². The first kappa shape index (κ1) is 24.9. The summed E-state index contributed by atoms with van der Waals surface area (Å²) >= 11 is 0. The second-order valence-electron chi connectivity index (χ2n) is 7.42. The Bertz CT molecular complexity index is 1250. The fraction of sp³-hybridized carbons (Fsp3) is 0.111. The van der Waals surface area contributed by atoms with Crippen LogP contribution in [0.5, 0.6) is 11.5 Å². The Morgan fingerprint density at radius 2 is 1.71 bits per heavy atom. The van der Waals surface area contributed by atoms with E-state index in [1.807, 2.05) is 43.3 Å². The number of hydrogen-bond donors (Lipinski definition) is 2. The van der Waals surface area contributed by atoms with Gasteiger partial charge in [-0.2, -0.15) is 5.10 Å². The number of methoxy groups -OCH3 is 1. The van der Waals surface area contributed by atoms with Gasteiger partial charge in [0.1, 0.15) is 0 Å². The Hall–Kier alpha value is -4.72. The van der Waals surface area contributed by atoms with E-state index >= 15 is 0 Å². The zero-order valence-electron chi connectivity index (χ0n) is 19.4. The van der Waals surface area contributed by atoms with Crippen molar-refractivity contribution in [2.45, 2.75) is 6.92 Å². The average Bonchev–Trinajstić information content (AvgIpc) is 2.87. The molecule has 8 nitrogen and oxygen atoms in total. The summed E-state index contributed by atoms with van der Waals surface area (Å²) in [4.78, 5) is 36.2. The van der Waals surface area contributed by atoms with E-state index in [9.17, 15) is 14.4 Å². The summed E-state index contributed by atoms with van der Waals surface area (Å²) in [5, 5.41) is 6.43. The second-order valence-corrected chi connectivity index (χ2v) is 7.42. The van der Waals surface area contributed by atoms with Crippen molar-refractivity contribution in [2.24, 2.45) is 5.10 Å². The Balaban J connectivity index is 1.51. The van der Waals surface area contributed by atoms with Gasteiger partial charge in [-0.25, -0.2) is 10.2 Å². The molecule has 0 saturated carbocycles. The summed E-state index contributed by atoms with van der Waals surface area (Å²) in [6, 6.07) is 21.3. The molecule has 35 heavy (non-hydrogen) atoms. The first-order valence-corrected chi connectivity index (χ1v) is 10.7. The smallest absolute Gasteiger partial charge is 0.336 e. The molecule has 0 unspecified atom stereocenters. The van der Waals surface area contributed by atoms with Gasteiger partial charge >= 0.3 is 5.97 Å². The standard InChI is InChI=1S/C27H25N3O5/c1-19-7-6-10-22(15-19)27(33)28-18-25(31)30-29-17-21-11-13-23(24(16-21)34-2)35-26(32)14-12-20-8-4-3-5-9-20/h3-17H,18H2,1-2H3,(H,28,33)(H,30,31)/b14-12+,29-17+. The lowest BCUT2D eigenvalue weighted by Crippen LogP contribution is -2.34. The quantitative estimate of drug-likeness (QED) is 0.163. The summed E-state index contributed by atoms with van der Waals surface area (Å²) in [5.41, 5.74) is 5.25.